The van der Waals surface area contributed by atoms with Gasteiger partial charge < -0.3 is 9.47 Å². The molecule has 0 atom stereocenters. The molecule has 2 aromatic heterocycles. The quantitative estimate of drug-likeness (QED) is 0.366. The predicted molar refractivity (Wildman–Crippen MR) is 102 cm³/mol. The average Bonchev–Trinajstić information content (AvgIpc) is 3.32. The van der Waals surface area contributed by atoms with Gasteiger partial charge in [0.05, 0.1) is 12.0 Å². The zero-order chi connectivity index (χ0) is 18.1. The maximum Gasteiger partial charge on any atom is 0.316 e. The summed E-state index contributed by atoms with van der Waals surface area (Å²) in [6.45, 7) is 1.99. The summed E-state index contributed by atoms with van der Waals surface area (Å²) in [4.78, 5) is 26.4. The largest absolute Gasteiger partial charge is 0.452 e. The van der Waals surface area contributed by atoms with Crippen LogP contribution in [0.4, 0.5) is 0 Å². The highest BCUT2D eigenvalue weighted by atomic mass is 32.1. The number of ether oxygens (including phenoxy) is 2. The molecule has 0 radical (unpaired) electrons. The molecular weight excluding hydrogens is 368 g/mol. The molecule has 3 heterocycles. The average molecular weight is 382 g/mol. The van der Waals surface area contributed by atoms with Crippen molar-refractivity contribution < 1.29 is 19.1 Å². The fourth-order valence-electron chi connectivity index (χ4n) is 2.61. The van der Waals surface area contributed by atoms with Gasteiger partial charge in [0.1, 0.15) is 11.5 Å². The highest BCUT2D eigenvalue weighted by molar-refractivity contribution is 7.11. The van der Waals surface area contributed by atoms with Crippen LogP contribution in [0, 0.1) is 6.92 Å². The lowest BCUT2D eigenvalue weighted by Crippen LogP contribution is -2.10. The van der Waals surface area contributed by atoms with Gasteiger partial charge >= 0.3 is 5.97 Å². The summed E-state index contributed by atoms with van der Waals surface area (Å²) < 4.78 is 11.1. The zero-order valence-corrected chi connectivity index (χ0v) is 15.5. The first-order valence-electron chi connectivity index (χ1n) is 7.95. The lowest BCUT2D eigenvalue weighted by Gasteiger charge is -2.05. The van der Waals surface area contributed by atoms with E-state index in [9.17, 15) is 9.59 Å². The Labute approximate surface area is 158 Å². The van der Waals surface area contributed by atoms with Crippen molar-refractivity contribution in [1.29, 1.82) is 0 Å². The summed E-state index contributed by atoms with van der Waals surface area (Å²) >= 11 is 3.06. The summed E-state index contributed by atoms with van der Waals surface area (Å²) in [6, 6.07) is 10.6. The minimum Gasteiger partial charge on any atom is -0.452 e. The number of esters is 1. The van der Waals surface area contributed by atoms with Crippen LogP contribution in [0.5, 0.6) is 11.5 Å². The van der Waals surface area contributed by atoms with E-state index in [1.165, 1.54) is 11.3 Å². The molecule has 0 saturated heterocycles. The molecular formula is C20H14O4S2. The molecule has 4 rings (SSSR count). The molecule has 1 aliphatic rings. The van der Waals surface area contributed by atoms with E-state index in [0.29, 0.717) is 17.1 Å². The van der Waals surface area contributed by atoms with Crippen LogP contribution in [-0.2, 0) is 11.2 Å². The summed E-state index contributed by atoms with van der Waals surface area (Å²) in [5.41, 5.74) is 1.57. The molecule has 130 valence electrons. The lowest BCUT2D eigenvalue weighted by atomic mass is 10.1. The van der Waals surface area contributed by atoms with Crippen LogP contribution >= 0.6 is 22.7 Å². The third-order valence-electron chi connectivity index (χ3n) is 3.94. The van der Waals surface area contributed by atoms with Gasteiger partial charge in [-0.25, -0.2) is 0 Å². The number of fused-ring (bicyclic) bond motifs is 1. The van der Waals surface area contributed by atoms with Crippen molar-refractivity contribution in [3.05, 3.63) is 73.8 Å². The van der Waals surface area contributed by atoms with E-state index >= 15 is 0 Å². The van der Waals surface area contributed by atoms with E-state index in [4.69, 9.17) is 9.47 Å². The molecule has 6 heteroatoms. The van der Waals surface area contributed by atoms with E-state index in [-0.39, 0.29) is 23.9 Å². The Balaban J connectivity index is 1.51. The van der Waals surface area contributed by atoms with Crippen LogP contribution in [0.2, 0.25) is 0 Å². The molecule has 3 aromatic rings. The van der Waals surface area contributed by atoms with E-state index in [0.717, 1.165) is 15.3 Å². The molecule has 26 heavy (non-hydrogen) atoms. The second-order valence-corrected chi connectivity index (χ2v) is 7.78. The molecule has 0 unspecified atom stereocenters. The van der Waals surface area contributed by atoms with Crippen LogP contribution in [-0.4, -0.2) is 11.8 Å². The first kappa shape index (κ1) is 16.8. The summed E-state index contributed by atoms with van der Waals surface area (Å²) in [5.74, 6) is 0.558. The van der Waals surface area contributed by atoms with E-state index in [1.54, 1.807) is 35.6 Å². The molecule has 0 N–H and O–H groups in total. The monoisotopic (exact) mass is 382 g/mol. The highest BCUT2D eigenvalue weighted by Crippen LogP contribution is 2.35. The van der Waals surface area contributed by atoms with Crippen LogP contribution in [0.25, 0.3) is 6.08 Å². The van der Waals surface area contributed by atoms with Gasteiger partial charge in [0.25, 0.3) is 0 Å². The third-order valence-corrected chi connectivity index (χ3v) is 5.78. The van der Waals surface area contributed by atoms with Gasteiger partial charge in [-0.1, -0.05) is 6.07 Å². The smallest absolute Gasteiger partial charge is 0.316 e. The van der Waals surface area contributed by atoms with Crippen molar-refractivity contribution in [2.24, 2.45) is 0 Å². The summed E-state index contributed by atoms with van der Waals surface area (Å²) in [6.07, 6.45) is 1.97. The number of hydrogen-bond donors (Lipinski definition) is 0. The molecule has 1 aliphatic heterocycles. The van der Waals surface area contributed by atoms with Crippen molar-refractivity contribution in [1.82, 2.24) is 0 Å². The zero-order valence-electron chi connectivity index (χ0n) is 13.9. The first-order valence-corrected chi connectivity index (χ1v) is 9.71. The molecule has 1 aromatic carbocycles. The van der Waals surface area contributed by atoms with Crippen LogP contribution in [0.1, 0.15) is 25.7 Å². The fraction of sp³-hybridized carbons (Fsp3) is 0.100. The Morgan fingerprint density at radius 2 is 2.08 bits per heavy atom. The van der Waals surface area contributed by atoms with Gasteiger partial charge in [0.15, 0.2) is 5.76 Å². The third kappa shape index (κ3) is 3.34. The Bertz CT molecular complexity index is 1010. The standard InChI is InChI=1S/C20H14O4S2/c1-12-6-8-26-18(12)11-17-20(22)15-5-4-13(9-16(15)24-17)23-19(21)10-14-3-2-7-25-14/h2-9,11H,10H2,1H3/b17-11-. The minimum atomic E-state index is -0.346. The topological polar surface area (TPSA) is 52.6 Å². The molecule has 0 bridgehead atoms. The van der Waals surface area contributed by atoms with E-state index in [1.807, 2.05) is 35.9 Å². The SMILES string of the molecule is Cc1ccsc1/C=C1\Oc2cc(OC(=O)Cc3cccs3)ccc2C1=O. The van der Waals surface area contributed by atoms with E-state index in [2.05, 4.69) is 0 Å². The maximum atomic E-state index is 12.5. The number of allylic oxidation sites excluding steroid dienone is 1. The Kier molecular flexibility index (Phi) is 4.44. The van der Waals surface area contributed by atoms with Crippen molar-refractivity contribution in [3.8, 4) is 11.5 Å². The van der Waals surface area contributed by atoms with Gasteiger partial charge in [-0.15, -0.1) is 22.7 Å². The Morgan fingerprint density at radius 3 is 2.81 bits per heavy atom. The molecule has 0 fully saturated rings. The summed E-state index contributed by atoms with van der Waals surface area (Å²) in [5, 5.41) is 3.89. The first-order chi connectivity index (χ1) is 12.6. The lowest BCUT2D eigenvalue weighted by molar-refractivity contribution is -0.133. The van der Waals surface area contributed by atoms with Crippen LogP contribution in [0.15, 0.2) is 52.9 Å². The van der Waals surface area contributed by atoms with Gasteiger partial charge in [-0.2, -0.15) is 0 Å². The normalized spacial score (nSPS) is 14.3. The summed E-state index contributed by atoms with van der Waals surface area (Å²) in [7, 11) is 0. The van der Waals surface area contributed by atoms with Crippen LogP contribution in [0.3, 0.4) is 0 Å². The van der Waals surface area contributed by atoms with Crippen molar-refractivity contribution >= 4 is 40.5 Å². The van der Waals surface area contributed by atoms with Gasteiger partial charge in [-0.3, -0.25) is 9.59 Å². The second-order valence-electron chi connectivity index (χ2n) is 5.80. The number of ketones is 1. The number of thiophene rings is 2. The number of aryl methyl sites for hydroxylation is 1. The molecule has 0 amide bonds. The maximum absolute atomic E-state index is 12.5. The number of rotatable bonds is 4. The molecule has 0 saturated carbocycles. The number of benzene rings is 1. The molecule has 0 aliphatic carbocycles. The minimum absolute atomic E-state index is 0.163. The number of hydrogen-bond acceptors (Lipinski definition) is 6. The van der Waals surface area contributed by atoms with Crippen molar-refractivity contribution in [3.63, 3.8) is 0 Å². The molecule has 4 nitrogen and oxygen atoms in total. The number of Topliss-reactive ketones (excluding diaryl/α,β-unsaturated/α-hetero) is 1. The van der Waals surface area contributed by atoms with Gasteiger partial charge in [0, 0.05) is 21.9 Å². The molecule has 0 spiro atoms. The van der Waals surface area contributed by atoms with E-state index < -0.39 is 0 Å². The predicted octanol–water partition coefficient (Wildman–Crippen LogP) is 4.88. The Hall–Kier alpha value is -2.70. The Morgan fingerprint density at radius 1 is 1.19 bits per heavy atom. The van der Waals surface area contributed by atoms with Gasteiger partial charge in [0.2, 0.25) is 5.78 Å². The fourth-order valence-corrected chi connectivity index (χ4v) is 4.14. The van der Waals surface area contributed by atoms with Gasteiger partial charge in [-0.05, 0) is 47.5 Å². The number of carbonyl (C=O) groups is 2. The highest BCUT2D eigenvalue weighted by Gasteiger charge is 2.28. The second kappa shape index (κ2) is 6.90. The van der Waals surface area contributed by atoms with Crippen molar-refractivity contribution in [2.75, 3.05) is 0 Å². The van der Waals surface area contributed by atoms with Crippen molar-refractivity contribution in [2.45, 2.75) is 13.3 Å². The number of carbonyl (C=O) groups excluding carboxylic acids is 2. The van der Waals surface area contributed by atoms with Crippen LogP contribution < -0.4 is 9.47 Å².